The number of carbonyl (C=O) groups is 3. The number of amides is 3. The van der Waals surface area contributed by atoms with Crippen LogP contribution in [0.4, 0.5) is 4.79 Å². The van der Waals surface area contributed by atoms with Crippen molar-refractivity contribution in [3.63, 3.8) is 0 Å². The van der Waals surface area contributed by atoms with E-state index in [0.29, 0.717) is 17.8 Å². The Labute approximate surface area is 254 Å². The van der Waals surface area contributed by atoms with Crippen molar-refractivity contribution in [1.29, 1.82) is 0 Å². The van der Waals surface area contributed by atoms with Crippen LogP contribution in [-0.4, -0.2) is 59.2 Å². The number of carboxylic acid groups (broad SMARTS) is 1. The molecule has 3 N–H and O–H groups in total. The number of rotatable bonds is 7. The van der Waals surface area contributed by atoms with Crippen molar-refractivity contribution >= 4 is 17.9 Å². The normalized spacial score (nSPS) is 32.0. The summed E-state index contributed by atoms with van der Waals surface area (Å²) in [6.45, 7) is 5.78. The zero-order valence-electron chi connectivity index (χ0n) is 25.8. The number of urea groups is 1. The molecular weight excluding hydrogens is 542 g/mol. The molecule has 5 fully saturated rings. The molecule has 1 aliphatic heterocycles. The van der Waals surface area contributed by atoms with Gasteiger partial charge in [-0.2, -0.15) is 0 Å². The molecule has 0 spiro atoms. The molecule has 2 aromatic rings. The van der Waals surface area contributed by atoms with Gasteiger partial charge in [0.05, 0.1) is 6.54 Å². The third-order valence-electron chi connectivity index (χ3n) is 10.6. The van der Waals surface area contributed by atoms with E-state index in [2.05, 4.69) is 10.6 Å². The Bertz CT molecular complexity index is 1330. The molecule has 8 nitrogen and oxygen atoms in total. The van der Waals surface area contributed by atoms with Gasteiger partial charge < -0.3 is 25.4 Å². The lowest BCUT2D eigenvalue weighted by Crippen LogP contribution is -2.64. The number of aliphatic carboxylic acids is 1. The van der Waals surface area contributed by atoms with Crippen molar-refractivity contribution < 1.29 is 24.2 Å². The molecule has 5 aliphatic rings. The summed E-state index contributed by atoms with van der Waals surface area (Å²) in [5, 5.41) is 16.6. The average molecular weight is 588 g/mol. The molecule has 1 heterocycles. The maximum atomic E-state index is 14.2. The van der Waals surface area contributed by atoms with Crippen LogP contribution in [0.2, 0.25) is 0 Å². The van der Waals surface area contributed by atoms with E-state index in [0.717, 1.165) is 36.0 Å². The predicted octanol–water partition coefficient (Wildman–Crippen LogP) is 5.56. The van der Waals surface area contributed by atoms with E-state index >= 15 is 0 Å². The molecule has 4 bridgehead atoms. The summed E-state index contributed by atoms with van der Waals surface area (Å²) in [5.74, 6) is 0.545. The van der Waals surface area contributed by atoms with Crippen LogP contribution < -0.4 is 10.6 Å². The van der Waals surface area contributed by atoms with Crippen LogP contribution in [0.25, 0.3) is 11.1 Å². The minimum absolute atomic E-state index is 0.0782. The van der Waals surface area contributed by atoms with E-state index < -0.39 is 35.0 Å². The van der Waals surface area contributed by atoms with Crippen LogP contribution in [0.3, 0.4) is 0 Å². The Balaban J connectivity index is 1.22. The number of hydrogen-bond donors (Lipinski definition) is 3. The summed E-state index contributed by atoms with van der Waals surface area (Å²) in [5.41, 5.74) is 1.11. The quantitative estimate of drug-likeness (QED) is 0.393. The predicted molar refractivity (Wildman–Crippen MR) is 164 cm³/mol. The standard InChI is InChI=1S/C35H45N3O5/c1-33(2,3)29(36-32(42)37-34-17-22-14-23(18-34)16-24(15-22)19-34)30(39)38-21-35(43-4,20-28(38)31(40)41)27-12-10-26(11-13-27)25-8-6-5-7-9-25/h5-13,22-24,28-29H,14-21H2,1-4H3,(H,40,41)(H2,36,37,42)/t22?,23?,24?,28-,29+,34?,35-/m0/s1. The first-order chi connectivity index (χ1) is 20.4. The highest BCUT2D eigenvalue weighted by Gasteiger charge is 2.54. The molecule has 0 unspecified atom stereocenters. The topological polar surface area (TPSA) is 108 Å². The smallest absolute Gasteiger partial charge is 0.326 e. The number of nitrogens with zero attached hydrogens (tertiary/aromatic N) is 1. The lowest BCUT2D eigenvalue weighted by Gasteiger charge is -2.56. The Kier molecular flexibility index (Phi) is 7.56. The van der Waals surface area contributed by atoms with Crippen molar-refractivity contribution in [3.05, 3.63) is 60.2 Å². The van der Waals surface area contributed by atoms with Crippen LogP contribution in [-0.2, 0) is 19.9 Å². The zero-order valence-corrected chi connectivity index (χ0v) is 25.8. The molecule has 7 rings (SSSR count). The van der Waals surface area contributed by atoms with Gasteiger partial charge >= 0.3 is 12.0 Å². The Morgan fingerprint density at radius 2 is 1.44 bits per heavy atom. The van der Waals surface area contributed by atoms with E-state index in [1.54, 1.807) is 7.11 Å². The van der Waals surface area contributed by atoms with Crippen molar-refractivity contribution in [1.82, 2.24) is 15.5 Å². The van der Waals surface area contributed by atoms with Crippen LogP contribution in [0.5, 0.6) is 0 Å². The fourth-order valence-corrected chi connectivity index (χ4v) is 8.88. The maximum Gasteiger partial charge on any atom is 0.326 e. The third-order valence-corrected chi connectivity index (χ3v) is 10.6. The summed E-state index contributed by atoms with van der Waals surface area (Å²) in [7, 11) is 1.57. The molecule has 1 saturated heterocycles. The van der Waals surface area contributed by atoms with E-state index in [4.69, 9.17) is 4.74 Å². The van der Waals surface area contributed by atoms with Gasteiger partial charge in [0.15, 0.2) is 0 Å². The number of methoxy groups -OCH3 is 1. The molecule has 43 heavy (non-hydrogen) atoms. The second kappa shape index (κ2) is 11.0. The number of benzene rings is 2. The second-order valence-electron chi connectivity index (χ2n) is 14.8. The minimum atomic E-state index is -1.08. The number of carboxylic acids is 1. The minimum Gasteiger partial charge on any atom is -0.480 e. The number of likely N-dealkylation sites (tertiary alicyclic amines) is 1. The molecule has 3 atom stereocenters. The average Bonchev–Trinajstić information content (AvgIpc) is 3.37. The second-order valence-corrected chi connectivity index (χ2v) is 14.8. The van der Waals surface area contributed by atoms with Gasteiger partial charge in [-0.3, -0.25) is 4.79 Å². The highest BCUT2D eigenvalue weighted by atomic mass is 16.5. The fraction of sp³-hybridized carbons (Fsp3) is 0.571. The van der Waals surface area contributed by atoms with Crippen molar-refractivity contribution in [2.75, 3.05) is 13.7 Å². The van der Waals surface area contributed by atoms with E-state index in [-0.39, 0.29) is 24.5 Å². The highest BCUT2D eigenvalue weighted by molar-refractivity contribution is 5.91. The molecule has 0 aromatic heterocycles. The number of hydrogen-bond acceptors (Lipinski definition) is 4. The lowest BCUT2D eigenvalue weighted by atomic mass is 9.53. The van der Waals surface area contributed by atoms with E-state index in [1.807, 2.05) is 75.4 Å². The monoisotopic (exact) mass is 587 g/mol. The molecule has 230 valence electrons. The molecule has 8 heteroatoms. The van der Waals surface area contributed by atoms with E-state index in [9.17, 15) is 19.5 Å². The largest absolute Gasteiger partial charge is 0.480 e. The first-order valence-corrected chi connectivity index (χ1v) is 15.7. The Morgan fingerprint density at radius 1 is 0.884 bits per heavy atom. The van der Waals surface area contributed by atoms with Crippen LogP contribution >= 0.6 is 0 Å². The Hall–Kier alpha value is -3.39. The van der Waals surface area contributed by atoms with Gasteiger partial charge in [-0.05, 0) is 78.4 Å². The zero-order chi connectivity index (χ0) is 30.6. The number of carbonyl (C=O) groups excluding carboxylic acids is 2. The first kappa shape index (κ1) is 29.7. The molecule has 0 radical (unpaired) electrons. The summed E-state index contributed by atoms with van der Waals surface area (Å²) >= 11 is 0. The van der Waals surface area contributed by atoms with Crippen molar-refractivity contribution in [2.24, 2.45) is 23.2 Å². The summed E-state index contributed by atoms with van der Waals surface area (Å²) in [4.78, 5) is 41.7. The van der Waals surface area contributed by atoms with Crippen LogP contribution in [0.15, 0.2) is 54.6 Å². The van der Waals surface area contributed by atoms with Crippen LogP contribution in [0.1, 0.15) is 71.3 Å². The van der Waals surface area contributed by atoms with Gasteiger partial charge in [-0.15, -0.1) is 0 Å². The van der Waals surface area contributed by atoms with Gasteiger partial charge in [-0.25, -0.2) is 9.59 Å². The molecular formula is C35H45N3O5. The maximum absolute atomic E-state index is 14.2. The summed E-state index contributed by atoms with van der Waals surface area (Å²) < 4.78 is 6.04. The first-order valence-electron chi connectivity index (χ1n) is 15.7. The molecule has 4 saturated carbocycles. The van der Waals surface area contributed by atoms with Crippen molar-refractivity contribution in [3.8, 4) is 11.1 Å². The fourth-order valence-electron chi connectivity index (χ4n) is 8.88. The lowest BCUT2D eigenvalue weighted by molar-refractivity contribution is -0.150. The SMILES string of the molecule is CO[C@@]1(c2ccc(-c3ccccc3)cc2)C[C@@H](C(=O)O)N(C(=O)[C@@H](NC(=O)NC23CC4CC(CC(C4)C2)C3)C(C)(C)C)C1. The van der Waals surface area contributed by atoms with Gasteiger partial charge in [-0.1, -0.05) is 75.4 Å². The number of ether oxygens (including phenoxy) is 1. The highest BCUT2D eigenvalue weighted by Crippen LogP contribution is 2.55. The molecule has 2 aromatic carbocycles. The molecule has 3 amide bonds. The summed E-state index contributed by atoms with van der Waals surface area (Å²) in [6.07, 6.45) is 6.95. The van der Waals surface area contributed by atoms with Crippen LogP contribution in [0, 0.1) is 23.2 Å². The van der Waals surface area contributed by atoms with Gasteiger partial charge in [0.2, 0.25) is 5.91 Å². The van der Waals surface area contributed by atoms with Gasteiger partial charge in [0.1, 0.15) is 17.7 Å². The Morgan fingerprint density at radius 3 is 1.95 bits per heavy atom. The van der Waals surface area contributed by atoms with E-state index in [1.165, 1.54) is 24.2 Å². The number of nitrogens with one attached hydrogen (secondary N) is 2. The summed E-state index contributed by atoms with van der Waals surface area (Å²) in [6, 6.07) is 15.6. The van der Waals surface area contributed by atoms with Crippen molar-refractivity contribution in [2.45, 2.75) is 88.9 Å². The van der Waals surface area contributed by atoms with Gasteiger partial charge in [0.25, 0.3) is 0 Å². The molecule has 4 aliphatic carbocycles. The third kappa shape index (κ3) is 5.66. The van der Waals surface area contributed by atoms with Gasteiger partial charge in [0, 0.05) is 19.1 Å².